The van der Waals surface area contributed by atoms with Crippen molar-refractivity contribution in [2.75, 3.05) is 5.75 Å². The number of rotatable bonds is 8. The summed E-state index contributed by atoms with van der Waals surface area (Å²) in [6.45, 7) is 5.14. The Morgan fingerprint density at radius 2 is 1.70 bits per heavy atom. The highest BCUT2D eigenvalue weighted by atomic mass is 32.1. The number of aliphatic carboxylic acids is 1. The standard InChI is InChI=1S/C12H23N3O4S/c1-6(2)4-9(15-10(16)8(13)5-20)11(17)14-7(3)12(18)19/h6-9,20H,4-5,13H2,1-3H3,(H,14,17)(H,15,16)(H,18,19). The van der Waals surface area contributed by atoms with Gasteiger partial charge in [0.25, 0.3) is 0 Å². The molecule has 0 fully saturated rings. The van der Waals surface area contributed by atoms with Crippen molar-refractivity contribution < 1.29 is 19.5 Å². The highest BCUT2D eigenvalue weighted by Crippen LogP contribution is 2.06. The first kappa shape index (κ1) is 18.7. The number of hydrogen-bond donors (Lipinski definition) is 5. The summed E-state index contributed by atoms with van der Waals surface area (Å²) in [6, 6.07) is -2.64. The van der Waals surface area contributed by atoms with Gasteiger partial charge in [0.05, 0.1) is 6.04 Å². The first-order valence-corrected chi connectivity index (χ1v) is 7.02. The van der Waals surface area contributed by atoms with Gasteiger partial charge in [0.2, 0.25) is 11.8 Å². The van der Waals surface area contributed by atoms with Gasteiger partial charge in [0.15, 0.2) is 0 Å². The van der Waals surface area contributed by atoms with Crippen LogP contribution in [0.5, 0.6) is 0 Å². The molecule has 0 radical (unpaired) electrons. The van der Waals surface area contributed by atoms with E-state index in [4.69, 9.17) is 10.8 Å². The lowest BCUT2D eigenvalue weighted by atomic mass is 10.0. The Morgan fingerprint density at radius 3 is 2.10 bits per heavy atom. The first-order chi connectivity index (χ1) is 9.18. The Bertz CT molecular complexity index is 363. The number of carbonyl (C=O) groups excluding carboxylic acids is 2. The summed E-state index contributed by atoms with van der Waals surface area (Å²) in [5.74, 6) is -1.84. The Hall–Kier alpha value is -1.28. The van der Waals surface area contributed by atoms with Gasteiger partial charge in [0, 0.05) is 5.75 Å². The van der Waals surface area contributed by atoms with Crippen LogP contribution in [0.3, 0.4) is 0 Å². The second kappa shape index (κ2) is 8.80. The smallest absolute Gasteiger partial charge is 0.325 e. The average molecular weight is 305 g/mol. The molecule has 0 rings (SSSR count). The van der Waals surface area contributed by atoms with Gasteiger partial charge in [-0.05, 0) is 19.3 Å². The van der Waals surface area contributed by atoms with Crippen molar-refractivity contribution in [3.05, 3.63) is 0 Å². The zero-order valence-electron chi connectivity index (χ0n) is 11.9. The lowest BCUT2D eigenvalue weighted by molar-refractivity contribution is -0.141. The predicted molar refractivity (Wildman–Crippen MR) is 78.5 cm³/mol. The van der Waals surface area contributed by atoms with Gasteiger partial charge in [0.1, 0.15) is 12.1 Å². The first-order valence-electron chi connectivity index (χ1n) is 6.39. The lowest BCUT2D eigenvalue weighted by Crippen LogP contribution is -2.54. The van der Waals surface area contributed by atoms with Crippen LogP contribution in [0.25, 0.3) is 0 Å². The Kier molecular flexibility index (Phi) is 8.24. The van der Waals surface area contributed by atoms with Gasteiger partial charge in [-0.1, -0.05) is 13.8 Å². The molecular weight excluding hydrogens is 282 g/mol. The summed E-state index contributed by atoms with van der Waals surface area (Å²) >= 11 is 3.92. The fourth-order valence-electron chi connectivity index (χ4n) is 1.44. The molecule has 0 aliphatic heterocycles. The van der Waals surface area contributed by atoms with Crippen molar-refractivity contribution in [2.45, 2.75) is 45.3 Å². The van der Waals surface area contributed by atoms with Gasteiger partial charge in [-0.3, -0.25) is 14.4 Å². The maximum atomic E-state index is 12.0. The molecule has 0 spiro atoms. The predicted octanol–water partition coefficient (Wildman–Crippen LogP) is -0.636. The van der Waals surface area contributed by atoms with Gasteiger partial charge >= 0.3 is 5.97 Å². The van der Waals surface area contributed by atoms with Crippen LogP contribution in [0.15, 0.2) is 0 Å². The summed E-state index contributed by atoms with van der Waals surface area (Å²) in [7, 11) is 0. The lowest BCUT2D eigenvalue weighted by Gasteiger charge is -2.22. The van der Waals surface area contributed by atoms with E-state index in [9.17, 15) is 14.4 Å². The molecule has 0 aromatic heterocycles. The molecule has 8 heteroatoms. The Morgan fingerprint density at radius 1 is 1.15 bits per heavy atom. The third-order valence-electron chi connectivity index (χ3n) is 2.60. The number of carboxylic acids is 1. The van der Waals surface area contributed by atoms with Crippen LogP contribution >= 0.6 is 12.6 Å². The highest BCUT2D eigenvalue weighted by Gasteiger charge is 2.26. The number of thiol groups is 1. The molecule has 5 N–H and O–H groups in total. The van der Waals surface area contributed by atoms with Crippen molar-refractivity contribution in [1.29, 1.82) is 0 Å². The van der Waals surface area contributed by atoms with Crippen molar-refractivity contribution in [3.8, 4) is 0 Å². The van der Waals surface area contributed by atoms with Gasteiger partial charge < -0.3 is 21.5 Å². The Labute approximate surface area is 124 Å². The second-order valence-electron chi connectivity index (χ2n) is 5.05. The van der Waals surface area contributed by atoms with Crippen LogP contribution in [0.4, 0.5) is 0 Å². The molecule has 116 valence electrons. The van der Waals surface area contributed by atoms with Gasteiger partial charge in [-0.25, -0.2) is 0 Å². The molecule has 0 aliphatic carbocycles. The van der Waals surface area contributed by atoms with Crippen molar-refractivity contribution >= 4 is 30.4 Å². The maximum absolute atomic E-state index is 12.0. The number of carboxylic acid groups (broad SMARTS) is 1. The SMILES string of the molecule is CC(C)CC(NC(=O)C(N)CS)C(=O)NC(C)C(=O)O. The quantitative estimate of drug-likeness (QED) is 0.382. The van der Waals surface area contributed by atoms with E-state index >= 15 is 0 Å². The molecule has 2 amide bonds. The van der Waals surface area contributed by atoms with E-state index in [1.54, 1.807) is 0 Å². The topological polar surface area (TPSA) is 122 Å². The van der Waals surface area contributed by atoms with E-state index in [1.165, 1.54) is 6.92 Å². The van der Waals surface area contributed by atoms with E-state index in [0.717, 1.165) is 0 Å². The zero-order valence-corrected chi connectivity index (χ0v) is 12.8. The van der Waals surface area contributed by atoms with Gasteiger partial charge in [-0.2, -0.15) is 12.6 Å². The molecule has 20 heavy (non-hydrogen) atoms. The molecule has 0 aromatic rings. The minimum atomic E-state index is -1.14. The normalized spacial score (nSPS) is 15.3. The molecule has 3 unspecified atom stereocenters. The molecule has 0 bridgehead atoms. The van der Waals surface area contributed by atoms with Crippen LogP contribution in [-0.2, 0) is 14.4 Å². The molecule has 7 nitrogen and oxygen atoms in total. The molecule has 0 aromatic carbocycles. The van der Waals surface area contributed by atoms with E-state index in [1.807, 2.05) is 13.8 Å². The van der Waals surface area contributed by atoms with E-state index in [0.29, 0.717) is 6.42 Å². The minimum absolute atomic E-state index is 0.151. The molecule has 0 saturated heterocycles. The third kappa shape index (κ3) is 6.76. The number of nitrogens with two attached hydrogens (primary N) is 1. The number of carbonyl (C=O) groups is 3. The summed E-state index contributed by atoms with van der Waals surface area (Å²) in [5.41, 5.74) is 5.53. The fourth-order valence-corrected chi connectivity index (χ4v) is 1.61. The highest BCUT2D eigenvalue weighted by molar-refractivity contribution is 7.80. The van der Waals surface area contributed by atoms with Crippen LogP contribution < -0.4 is 16.4 Å². The van der Waals surface area contributed by atoms with Crippen LogP contribution in [0.1, 0.15) is 27.2 Å². The summed E-state index contributed by atoms with van der Waals surface area (Å²) in [4.78, 5) is 34.4. The van der Waals surface area contributed by atoms with Crippen LogP contribution in [-0.4, -0.2) is 46.8 Å². The van der Waals surface area contributed by atoms with E-state index < -0.39 is 35.9 Å². The zero-order chi connectivity index (χ0) is 15.9. The number of amides is 2. The van der Waals surface area contributed by atoms with E-state index in [-0.39, 0.29) is 11.7 Å². The summed E-state index contributed by atoms with van der Waals surface area (Å²) < 4.78 is 0. The maximum Gasteiger partial charge on any atom is 0.325 e. The minimum Gasteiger partial charge on any atom is -0.480 e. The molecule has 0 saturated carbocycles. The summed E-state index contributed by atoms with van der Waals surface area (Å²) in [6.07, 6.45) is 0.392. The molecule has 3 atom stereocenters. The summed E-state index contributed by atoms with van der Waals surface area (Å²) in [5, 5.41) is 13.6. The monoisotopic (exact) mass is 305 g/mol. The van der Waals surface area contributed by atoms with Crippen molar-refractivity contribution in [1.82, 2.24) is 10.6 Å². The van der Waals surface area contributed by atoms with Crippen LogP contribution in [0, 0.1) is 5.92 Å². The molecule has 0 aliphatic rings. The number of nitrogens with one attached hydrogen (secondary N) is 2. The molecular formula is C12H23N3O4S. The third-order valence-corrected chi connectivity index (χ3v) is 3.00. The second-order valence-corrected chi connectivity index (χ2v) is 5.41. The van der Waals surface area contributed by atoms with Crippen molar-refractivity contribution in [2.24, 2.45) is 11.7 Å². The fraction of sp³-hybridized carbons (Fsp3) is 0.750. The largest absolute Gasteiger partial charge is 0.480 e. The van der Waals surface area contributed by atoms with Gasteiger partial charge in [-0.15, -0.1) is 0 Å². The van der Waals surface area contributed by atoms with Crippen LogP contribution in [0.2, 0.25) is 0 Å². The number of hydrogen-bond acceptors (Lipinski definition) is 5. The molecule has 0 heterocycles. The van der Waals surface area contributed by atoms with E-state index in [2.05, 4.69) is 23.3 Å². The average Bonchev–Trinajstić information content (AvgIpc) is 2.35. The Balaban J connectivity index is 4.74. The van der Waals surface area contributed by atoms with Crippen molar-refractivity contribution in [3.63, 3.8) is 0 Å².